The van der Waals surface area contributed by atoms with Crippen LogP contribution >= 0.6 is 22.6 Å². The first-order valence-corrected chi connectivity index (χ1v) is 6.53. The highest BCUT2D eigenvalue weighted by Gasteiger charge is 2.10. The first-order chi connectivity index (χ1) is 8.27. The van der Waals surface area contributed by atoms with Crippen LogP contribution in [-0.2, 0) is 0 Å². The van der Waals surface area contributed by atoms with Crippen molar-refractivity contribution in [2.24, 2.45) is 0 Å². The molecule has 2 heterocycles. The van der Waals surface area contributed by atoms with E-state index in [1.54, 1.807) is 0 Å². The molecule has 17 heavy (non-hydrogen) atoms. The van der Waals surface area contributed by atoms with Crippen LogP contribution in [0.15, 0.2) is 48.8 Å². The average Bonchev–Trinajstić information content (AvgIpc) is 2.77. The maximum absolute atomic E-state index is 4.53. The standard InChI is InChI=1S/C14H11IN2/c1-10-5-4-7-12(13(10)15)14-16-9-11-6-2-3-8-17(11)14/h2-9H,1H3. The van der Waals surface area contributed by atoms with E-state index in [1.165, 1.54) is 14.7 Å². The zero-order chi connectivity index (χ0) is 11.8. The molecule has 0 unspecified atom stereocenters. The molecule has 0 fully saturated rings. The van der Waals surface area contributed by atoms with Gasteiger partial charge in [-0.25, -0.2) is 4.98 Å². The number of rotatable bonds is 1. The van der Waals surface area contributed by atoms with Gasteiger partial charge in [-0.1, -0.05) is 24.3 Å². The molecule has 0 amide bonds. The number of fused-ring (bicyclic) bond motifs is 1. The van der Waals surface area contributed by atoms with Crippen LogP contribution in [0.5, 0.6) is 0 Å². The molecule has 3 aromatic rings. The van der Waals surface area contributed by atoms with E-state index in [0.717, 1.165) is 11.3 Å². The van der Waals surface area contributed by atoms with E-state index in [4.69, 9.17) is 0 Å². The van der Waals surface area contributed by atoms with Gasteiger partial charge in [0.1, 0.15) is 5.82 Å². The van der Waals surface area contributed by atoms with E-state index in [0.29, 0.717) is 0 Å². The summed E-state index contributed by atoms with van der Waals surface area (Å²) in [6, 6.07) is 12.5. The number of hydrogen-bond acceptors (Lipinski definition) is 1. The molecule has 0 aliphatic carbocycles. The first kappa shape index (κ1) is 10.8. The predicted molar refractivity (Wildman–Crippen MR) is 78.1 cm³/mol. The smallest absolute Gasteiger partial charge is 0.145 e. The van der Waals surface area contributed by atoms with E-state index in [-0.39, 0.29) is 0 Å². The molecule has 84 valence electrons. The fourth-order valence-electron chi connectivity index (χ4n) is 1.96. The number of pyridine rings is 1. The highest BCUT2D eigenvalue weighted by molar-refractivity contribution is 14.1. The van der Waals surface area contributed by atoms with E-state index in [1.807, 2.05) is 18.3 Å². The number of nitrogens with zero attached hydrogens (tertiary/aromatic N) is 2. The molecule has 2 nitrogen and oxygen atoms in total. The minimum atomic E-state index is 1.01. The van der Waals surface area contributed by atoms with E-state index < -0.39 is 0 Å². The molecule has 0 saturated heterocycles. The molecule has 0 radical (unpaired) electrons. The Hall–Kier alpha value is -1.36. The lowest BCUT2D eigenvalue weighted by Gasteiger charge is -2.06. The van der Waals surface area contributed by atoms with Gasteiger partial charge < -0.3 is 0 Å². The third-order valence-electron chi connectivity index (χ3n) is 2.87. The van der Waals surface area contributed by atoms with Gasteiger partial charge in [0, 0.05) is 15.3 Å². The molecular weight excluding hydrogens is 323 g/mol. The summed E-state index contributed by atoms with van der Waals surface area (Å²) in [4.78, 5) is 4.53. The molecular formula is C14H11IN2. The lowest BCUT2D eigenvalue weighted by molar-refractivity contribution is 1.16. The molecule has 0 bridgehead atoms. The Kier molecular flexibility index (Phi) is 2.63. The van der Waals surface area contributed by atoms with Crippen LogP contribution in [0.1, 0.15) is 5.56 Å². The number of imidazole rings is 1. The highest BCUT2D eigenvalue weighted by atomic mass is 127. The quantitative estimate of drug-likeness (QED) is 0.617. The van der Waals surface area contributed by atoms with Crippen LogP contribution in [0.25, 0.3) is 16.9 Å². The van der Waals surface area contributed by atoms with Crippen molar-refractivity contribution in [2.75, 3.05) is 0 Å². The Morgan fingerprint density at radius 3 is 2.88 bits per heavy atom. The van der Waals surface area contributed by atoms with Gasteiger partial charge in [-0.15, -0.1) is 0 Å². The summed E-state index contributed by atoms with van der Waals surface area (Å²) in [7, 11) is 0. The van der Waals surface area contributed by atoms with Crippen molar-refractivity contribution in [3.63, 3.8) is 0 Å². The molecule has 2 aromatic heterocycles. The van der Waals surface area contributed by atoms with Gasteiger partial charge in [-0.05, 0) is 47.2 Å². The fourth-order valence-corrected chi connectivity index (χ4v) is 2.56. The van der Waals surface area contributed by atoms with Crippen molar-refractivity contribution in [2.45, 2.75) is 6.92 Å². The molecule has 0 saturated carbocycles. The van der Waals surface area contributed by atoms with Gasteiger partial charge in [0.2, 0.25) is 0 Å². The summed E-state index contributed by atoms with van der Waals surface area (Å²) in [5.74, 6) is 1.01. The summed E-state index contributed by atoms with van der Waals surface area (Å²) in [6.45, 7) is 2.13. The Labute approximate surface area is 113 Å². The SMILES string of the molecule is Cc1cccc(-c2ncc3ccccn23)c1I. The summed E-state index contributed by atoms with van der Waals surface area (Å²) < 4.78 is 3.39. The summed E-state index contributed by atoms with van der Waals surface area (Å²) >= 11 is 2.39. The predicted octanol–water partition coefficient (Wildman–Crippen LogP) is 3.91. The molecule has 3 heteroatoms. The minimum absolute atomic E-state index is 1.01. The Morgan fingerprint density at radius 1 is 1.12 bits per heavy atom. The van der Waals surface area contributed by atoms with Gasteiger partial charge in [0.15, 0.2) is 0 Å². The molecule has 0 aliphatic heterocycles. The van der Waals surface area contributed by atoms with Crippen LogP contribution in [0, 0.1) is 10.5 Å². The van der Waals surface area contributed by atoms with Crippen molar-refractivity contribution in [1.29, 1.82) is 0 Å². The number of hydrogen-bond donors (Lipinski definition) is 0. The van der Waals surface area contributed by atoms with Crippen molar-refractivity contribution in [3.8, 4) is 11.4 Å². The third kappa shape index (κ3) is 1.74. The van der Waals surface area contributed by atoms with Gasteiger partial charge >= 0.3 is 0 Å². The molecule has 0 aliphatic rings. The molecule has 0 atom stereocenters. The Balaban J connectivity index is 2.31. The van der Waals surface area contributed by atoms with Crippen LogP contribution < -0.4 is 0 Å². The number of aryl methyl sites for hydroxylation is 1. The van der Waals surface area contributed by atoms with Crippen LogP contribution in [-0.4, -0.2) is 9.38 Å². The lowest BCUT2D eigenvalue weighted by atomic mass is 10.1. The summed E-state index contributed by atoms with van der Waals surface area (Å²) in [5, 5.41) is 0. The maximum atomic E-state index is 4.53. The Bertz CT molecular complexity index is 686. The monoisotopic (exact) mass is 334 g/mol. The van der Waals surface area contributed by atoms with E-state index >= 15 is 0 Å². The van der Waals surface area contributed by atoms with Crippen LogP contribution in [0.3, 0.4) is 0 Å². The van der Waals surface area contributed by atoms with Crippen molar-refractivity contribution in [3.05, 3.63) is 57.9 Å². The van der Waals surface area contributed by atoms with Crippen LogP contribution in [0.4, 0.5) is 0 Å². The zero-order valence-electron chi connectivity index (χ0n) is 9.39. The minimum Gasteiger partial charge on any atom is -0.300 e. The average molecular weight is 334 g/mol. The normalized spacial score (nSPS) is 10.9. The maximum Gasteiger partial charge on any atom is 0.145 e. The second-order valence-corrected chi connectivity index (χ2v) is 5.09. The van der Waals surface area contributed by atoms with Gasteiger partial charge in [0.05, 0.1) is 11.7 Å². The van der Waals surface area contributed by atoms with Crippen molar-refractivity contribution in [1.82, 2.24) is 9.38 Å². The topological polar surface area (TPSA) is 17.3 Å². The molecule has 0 spiro atoms. The molecule has 0 N–H and O–H groups in total. The van der Waals surface area contributed by atoms with Gasteiger partial charge in [-0.3, -0.25) is 4.40 Å². The van der Waals surface area contributed by atoms with Crippen molar-refractivity contribution < 1.29 is 0 Å². The summed E-state index contributed by atoms with van der Waals surface area (Å²) in [5.41, 5.74) is 3.60. The fraction of sp³-hybridized carbons (Fsp3) is 0.0714. The number of aromatic nitrogens is 2. The third-order valence-corrected chi connectivity index (χ3v) is 4.30. The number of halogens is 1. The molecule has 3 rings (SSSR count). The second kappa shape index (κ2) is 4.14. The van der Waals surface area contributed by atoms with Crippen molar-refractivity contribution >= 4 is 28.1 Å². The summed E-state index contributed by atoms with van der Waals surface area (Å²) in [6.07, 6.45) is 3.96. The lowest BCUT2D eigenvalue weighted by Crippen LogP contribution is -1.92. The van der Waals surface area contributed by atoms with E-state index in [9.17, 15) is 0 Å². The van der Waals surface area contributed by atoms with Crippen LogP contribution in [0.2, 0.25) is 0 Å². The highest BCUT2D eigenvalue weighted by Crippen LogP contribution is 2.27. The zero-order valence-corrected chi connectivity index (χ0v) is 11.5. The molecule has 1 aromatic carbocycles. The second-order valence-electron chi connectivity index (χ2n) is 4.01. The Morgan fingerprint density at radius 2 is 2.00 bits per heavy atom. The first-order valence-electron chi connectivity index (χ1n) is 5.45. The largest absolute Gasteiger partial charge is 0.300 e. The van der Waals surface area contributed by atoms with E-state index in [2.05, 4.69) is 69.4 Å². The van der Waals surface area contributed by atoms with Gasteiger partial charge in [0.25, 0.3) is 0 Å². The number of benzene rings is 1. The van der Waals surface area contributed by atoms with Gasteiger partial charge in [-0.2, -0.15) is 0 Å².